The second kappa shape index (κ2) is 7.55. The van der Waals surface area contributed by atoms with Gasteiger partial charge in [0, 0.05) is 14.1 Å². The minimum atomic E-state index is -3.90. The van der Waals surface area contributed by atoms with Gasteiger partial charge in [0.25, 0.3) is 10.0 Å². The molecule has 0 spiro atoms. The lowest BCUT2D eigenvalue weighted by atomic mass is 10.2. The van der Waals surface area contributed by atoms with Crippen molar-refractivity contribution in [3.8, 4) is 5.75 Å². The number of ether oxygens (including phenoxy) is 1. The van der Waals surface area contributed by atoms with Gasteiger partial charge in [-0.25, -0.2) is 21.1 Å². The molecule has 0 bridgehead atoms. The highest BCUT2D eigenvalue weighted by Gasteiger charge is 2.22. The van der Waals surface area contributed by atoms with Crippen molar-refractivity contribution in [1.82, 2.24) is 4.31 Å². The van der Waals surface area contributed by atoms with E-state index in [0.29, 0.717) is 15.8 Å². The van der Waals surface area contributed by atoms with Gasteiger partial charge < -0.3 is 4.74 Å². The van der Waals surface area contributed by atoms with Crippen LogP contribution in [0.4, 0.5) is 5.69 Å². The van der Waals surface area contributed by atoms with Gasteiger partial charge in [0.15, 0.2) is 0 Å². The molecule has 7 nitrogen and oxygen atoms in total. The summed E-state index contributed by atoms with van der Waals surface area (Å²) < 4.78 is 59.0. The Hall–Kier alpha value is -1.62. The standard InChI is InChI=1S/C16H19BrN2O5S2/c1-11-5-6-12(9-16(11)26(22,23)19(2)3)18-25(20,21)13-7-8-15(24-4)14(17)10-13/h5-10,18H,1-4H3. The zero-order chi connectivity index (χ0) is 19.7. The van der Waals surface area contributed by atoms with Crippen LogP contribution in [-0.4, -0.2) is 42.3 Å². The summed E-state index contributed by atoms with van der Waals surface area (Å²) >= 11 is 3.25. The third kappa shape index (κ3) is 4.20. The molecule has 0 aliphatic carbocycles. The Morgan fingerprint density at radius 1 is 1.04 bits per heavy atom. The fraction of sp³-hybridized carbons (Fsp3) is 0.250. The predicted octanol–water partition coefficient (Wildman–Crippen LogP) is 2.82. The molecular formula is C16H19BrN2O5S2. The second-order valence-corrected chi connectivity index (χ2v) is 10.3. The van der Waals surface area contributed by atoms with Crippen molar-refractivity contribution in [1.29, 1.82) is 0 Å². The predicted molar refractivity (Wildman–Crippen MR) is 104 cm³/mol. The molecule has 1 N–H and O–H groups in total. The van der Waals surface area contributed by atoms with Crippen LogP contribution in [0.25, 0.3) is 0 Å². The van der Waals surface area contributed by atoms with Gasteiger partial charge in [0.05, 0.1) is 27.1 Å². The van der Waals surface area contributed by atoms with Gasteiger partial charge in [-0.3, -0.25) is 4.72 Å². The fourth-order valence-electron chi connectivity index (χ4n) is 2.17. The van der Waals surface area contributed by atoms with Crippen molar-refractivity contribution in [2.75, 3.05) is 25.9 Å². The van der Waals surface area contributed by atoms with Crippen LogP contribution in [0.3, 0.4) is 0 Å². The van der Waals surface area contributed by atoms with E-state index < -0.39 is 20.0 Å². The highest BCUT2D eigenvalue weighted by atomic mass is 79.9. The topological polar surface area (TPSA) is 92.8 Å². The minimum Gasteiger partial charge on any atom is -0.496 e. The Bertz CT molecular complexity index is 1030. The summed E-state index contributed by atoms with van der Waals surface area (Å²) in [6.45, 7) is 1.65. The number of anilines is 1. The van der Waals surface area contributed by atoms with Crippen LogP contribution in [0.5, 0.6) is 5.75 Å². The van der Waals surface area contributed by atoms with E-state index in [4.69, 9.17) is 4.74 Å². The molecule has 0 amide bonds. The molecule has 0 atom stereocenters. The quantitative estimate of drug-likeness (QED) is 0.712. The zero-order valence-electron chi connectivity index (χ0n) is 14.6. The number of benzene rings is 2. The third-order valence-corrected chi connectivity index (χ3v) is 7.59. The molecule has 10 heteroatoms. The number of hydrogen-bond donors (Lipinski definition) is 1. The fourth-order valence-corrected chi connectivity index (χ4v) is 5.08. The van der Waals surface area contributed by atoms with E-state index >= 15 is 0 Å². The Morgan fingerprint density at radius 3 is 2.23 bits per heavy atom. The normalized spacial score (nSPS) is 12.2. The molecule has 2 aromatic rings. The van der Waals surface area contributed by atoms with Gasteiger partial charge in [-0.15, -0.1) is 0 Å². The molecule has 142 valence electrons. The van der Waals surface area contributed by atoms with Crippen molar-refractivity contribution >= 4 is 41.7 Å². The molecule has 0 saturated carbocycles. The van der Waals surface area contributed by atoms with E-state index in [9.17, 15) is 16.8 Å². The summed E-state index contributed by atoms with van der Waals surface area (Å²) in [5, 5.41) is 0. The van der Waals surface area contributed by atoms with Crippen LogP contribution in [-0.2, 0) is 20.0 Å². The molecule has 26 heavy (non-hydrogen) atoms. The highest BCUT2D eigenvalue weighted by Crippen LogP contribution is 2.29. The van der Waals surface area contributed by atoms with E-state index in [2.05, 4.69) is 20.7 Å². The summed E-state index contributed by atoms with van der Waals surface area (Å²) in [6, 6.07) is 8.71. The number of aryl methyl sites for hydroxylation is 1. The molecule has 2 rings (SSSR count). The average molecular weight is 463 g/mol. The number of nitrogens with zero attached hydrogens (tertiary/aromatic N) is 1. The van der Waals surface area contributed by atoms with Crippen LogP contribution < -0.4 is 9.46 Å². The Morgan fingerprint density at radius 2 is 1.69 bits per heavy atom. The Kier molecular flexibility index (Phi) is 6.01. The third-order valence-electron chi connectivity index (χ3n) is 3.63. The summed E-state index contributed by atoms with van der Waals surface area (Å²) in [5.74, 6) is 0.499. The first-order chi connectivity index (χ1) is 12.0. The molecule has 0 aliphatic heterocycles. The zero-order valence-corrected chi connectivity index (χ0v) is 17.9. The molecule has 0 aromatic heterocycles. The first-order valence-corrected chi connectivity index (χ1v) is 11.1. The molecule has 0 unspecified atom stereocenters. The molecule has 0 heterocycles. The van der Waals surface area contributed by atoms with Gasteiger partial charge in [-0.2, -0.15) is 0 Å². The van der Waals surface area contributed by atoms with E-state index in [1.54, 1.807) is 13.0 Å². The maximum Gasteiger partial charge on any atom is 0.261 e. The summed E-state index contributed by atoms with van der Waals surface area (Å²) in [4.78, 5) is 0.0568. The van der Waals surface area contributed by atoms with Crippen molar-refractivity contribution in [3.05, 3.63) is 46.4 Å². The van der Waals surface area contributed by atoms with Crippen LogP contribution in [0.2, 0.25) is 0 Å². The van der Waals surface area contributed by atoms with E-state index in [1.165, 1.54) is 51.5 Å². The number of sulfonamides is 2. The number of hydrogen-bond acceptors (Lipinski definition) is 5. The van der Waals surface area contributed by atoms with E-state index in [0.717, 1.165) is 4.31 Å². The van der Waals surface area contributed by atoms with Gasteiger partial charge >= 0.3 is 0 Å². The van der Waals surface area contributed by atoms with E-state index in [1.807, 2.05) is 0 Å². The van der Waals surface area contributed by atoms with Crippen LogP contribution >= 0.6 is 15.9 Å². The molecule has 0 aliphatic rings. The lowest BCUT2D eigenvalue weighted by Crippen LogP contribution is -2.23. The van der Waals surface area contributed by atoms with Crippen LogP contribution in [0, 0.1) is 6.92 Å². The SMILES string of the molecule is COc1ccc(S(=O)(=O)Nc2ccc(C)c(S(=O)(=O)N(C)C)c2)cc1Br. The smallest absolute Gasteiger partial charge is 0.261 e. The van der Waals surface area contributed by atoms with Crippen molar-refractivity contribution in [2.45, 2.75) is 16.7 Å². The van der Waals surface area contributed by atoms with E-state index in [-0.39, 0.29) is 15.5 Å². The van der Waals surface area contributed by atoms with Crippen molar-refractivity contribution < 1.29 is 21.6 Å². The first-order valence-electron chi connectivity index (χ1n) is 7.38. The maximum absolute atomic E-state index is 12.6. The lowest BCUT2D eigenvalue weighted by molar-refractivity contribution is 0.411. The molecular weight excluding hydrogens is 444 g/mol. The maximum atomic E-state index is 12.6. The largest absolute Gasteiger partial charge is 0.496 e. The Balaban J connectivity index is 2.43. The van der Waals surface area contributed by atoms with Gasteiger partial charge in [-0.05, 0) is 58.7 Å². The molecule has 2 aromatic carbocycles. The van der Waals surface area contributed by atoms with Crippen LogP contribution in [0.1, 0.15) is 5.56 Å². The van der Waals surface area contributed by atoms with Crippen LogP contribution in [0.15, 0.2) is 50.7 Å². The van der Waals surface area contributed by atoms with Crippen molar-refractivity contribution in [3.63, 3.8) is 0 Å². The number of methoxy groups -OCH3 is 1. The minimum absolute atomic E-state index is 0.0165. The monoisotopic (exact) mass is 462 g/mol. The summed E-state index contributed by atoms with van der Waals surface area (Å²) in [6.07, 6.45) is 0. The van der Waals surface area contributed by atoms with Gasteiger partial charge in [-0.1, -0.05) is 6.07 Å². The van der Waals surface area contributed by atoms with Crippen molar-refractivity contribution in [2.24, 2.45) is 0 Å². The summed E-state index contributed by atoms with van der Waals surface area (Å²) in [7, 11) is -3.28. The highest BCUT2D eigenvalue weighted by molar-refractivity contribution is 9.10. The molecule has 0 radical (unpaired) electrons. The number of halogens is 1. The van der Waals surface area contributed by atoms with Gasteiger partial charge in [0.1, 0.15) is 5.75 Å². The first kappa shape index (κ1) is 20.7. The summed E-state index contributed by atoms with van der Waals surface area (Å²) in [5.41, 5.74) is 0.678. The average Bonchev–Trinajstić information content (AvgIpc) is 2.56. The van der Waals surface area contributed by atoms with Gasteiger partial charge in [0.2, 0.25) is 10.0 Å². The number of rotatable bonds is 6. The number of nitrogens with one attached hydrogen (secondary N) is 1. The Labute approximate surface area is 162 Å². The second-order valence-electron chi connectivity index (χ2n) is 5.67. The molecule has 0 saturated heterocycles. The molecule has 0 fully saturated rings. The lowest BCUT2D eigenvalue weighted by Gasteiger charge is -2.15.